The van der Waals surface area contributed by atoms with Gasteiger partial charge in [-0.05, 0) is 62.6 Å². The summed E-state index contributed by atoms with van der Waals surface area (Å²) in [5, 5.41) is 3.49. The third-order valence-corrected chi connectivity index (χ3v) is 6.06. The van der Waals surface area contributed by atoms with E-state index in [-0.39, 0.29) is 18.3 Å². The van der Waals surface area contributed by atoms with Crippen molar-refractivity contribution < 1.29 is 4.79 Å². The number of aryl methyl sites for hydroxylation is 1. The normalized spacial score (nSPS) is 20.0. The number of hydrogen-bond acceptors (Lipinski definition) is 2. The summed E-state index contributed by atoms with van der Waals surface area (Å²) in [6.07, 6.45) is 4.61. The molecule has 134 valence electrons. The Hall–Kier alpha value is -1.06. The second-order valence-corrected chi connectivity index (χ2v) is 7.89. The van der Waals surface area contributed by atoms with Crippen LogP contribution in [0.2, 0.25) is 0 Å². The van der Waals surface area contributed by atoms with Crippen LogP contribution in [0.5, 0.6) is 0 Å². The van der Waals surface area contributed by atoms with Crippen LogP contribution in [0.15, 0.2) is 24.3 Å². The molecule has 0 bridgehead atoms. The molecule has 1 amide bonds. The fraction of sp³-hybridized carbons (Fsp3) is 0.650. The Morgan fingerprint density at radius 2 is 1.79 bits per heavy atom. The van der Waals surface area contributed by atoms with Crippen LogP contribution in [0, 0.1) is 5.41 Å². The Balaban J connectivity index is 0.00000208. The molecule has 1 aromatic rings. The minimum absolute atomic E-state index is 0. The van der Waals surface area contributed by atoms with Gasteiger partial charge in [-0.2, -0.15) is 0 Å². The zero-order valence-corrected chi connectivity index (χ0v) is 16.0. The Bertz CT molecular complexity index is 552. The van der Waals surface area contributed by atoms with Gasteiger partial charge in [0.2, 0.25) is 5.91 Å². The summed E-state index contributed by atoms with van der Waals surface area (Å²) in [4.78, 5) is 15.2. The first-order chi connectivity index (χ1) is 11.0. The van der Waals surface area contributed by atoms with E-state index in [1.165, 1.54) is 12.0 Å². The minimum Gasteiger partial charge on any atom is -0.342 e. The predicted molar refractivity (Wildman–Crippen MR) is 102 cm³/mol. The number of nitrogens with zero attached hydrogens (tertiary/aromatic N) is 1. The second-order valence-electron chi connectivity index (χ2n) is 7.89. The van der Waals surface area contributed by atoms with Gasteiger partial charge in [-0.3, -0.25) is 4.79 Å². The topological polar surface area (TPSA) is 32.3 Å². The van der Waals surface area contributed by atoms with Gasteiger partial charge in [0.15, 0.2) is 0 Å². The van der Waals surface area contributed by atoms with Crippen LogP contribution in [0.25, 0.3) is 0 Å². The maximum atomic E-state index is 13.1. The van der Waals surface area contributed by atoms with Gasteiger partial charge >= 0.3 is 0 Å². The molecule has 0 saturated carbocycles. The lowest BCUT2D eigenvalue weighted by Crippen LogP contribution is -2.49. The predicted octanol–water partition coefficient (Wildman–Crippen LogP) is 3.55. The molecule has 0 atom stereocenters. The van der Waals surface area contributed by atoms with Gasteiger partial charge in [0.05, 0.1) is 5.41 Å². The number of halogens is 1. The third kappa shape index (κ3) is 3.62. The lowest BCUT2D eigenvalue weighted by Gasteiger charge is -2.41. The molecule has 1 aromatic carbocycles. The van der Waals surface area contributed by atoms with Gasteiger partial charge < -0.3 is 10.2 Å². The molecule has 2 aliphatic heterocycles. The van der Waals surface area contributed by atoms with Crippen molar-refractivity contribution in [2.24, 2.45) is 5.41 Å². The molecular formula is C20H31ClN2O. The monoisotopic (exact) mass is 350 g/mol. The number of nitrogens with one attached hydrogen (secondary N) is 1. The van der Waals surface area contributed by atoms with E-state index < -0.39 is 5.41 Å². The summed E-state index contributed by atoms with van der Waals surface area (Å²) in [5.41, 5.74) is 2.47. The molecule has 2 aliphatic rings. The van der Waals surface area contributed by atoms with E-state index in [2.05, 4.69) is 55.3 Å². The van der Waals surface area contributed by atoms with E-state index in [1.54, 1.807) is 0 Å². The summed E-state index contributed by atoms with van der Waals surface area (Å²) in [6.45, 7) is 10.4. The highest BCUT2D eigenvalue weighted by Gasteiger charge is 2.41. The van der Waals surface area contributed by atoms with Crippen LogP contribution in [-0.2, 0) is 16.6 Å². The molecule has 1 N–H and O–H groups in total. The van der Waals surface area contributed by atoms with E-state index >= 15 is 0 Å². The van der Waals surface area contributed by atoms with Gasteiger partial charge in [0.1, 0.15) is 0 Å². The quantitative estimate of drug-likeness (QED) is 0.904. The second kappa shape index (κ2) is 7.45. The summed E-state index contributed by atoms with van der Waals surface area (Å²) < 4.78 is 0. The summed E-state index contributed by atoms with van der Waals surface area (Å²) >= 11 is 0. The Morgan fingerprint density at radius 3 is 2.29 bits per heavy atom. The fourth-order valence-corrected chi connectivity index (χ4v) is 4.08. The minimum atomic E-state index is -0.440. The van der Waals surface area contributed by atoms with Gasteiger partial charge in [-0.15, -0.1) is 12.4 Å². The third-order valence-electron chi connectivity index (χ3n) is 6.06. The largest absolute Gasteiger partial charge is 0.342 e. The number of piperidine rings is 1. The molecule has 0 unspecified atom stereocenters. The lowest BCUT2D eigenvalue weighted by molar-refractivity contribution is -0.138. The molecular weight excluding hydrogens is 320 g/mol. The van der Waals surface area contributed by atoms with Gasteiger partial charge in [-0.25, -0.2) is 0 Å². The number of hydrogen-bond donors (Lipinski definition) is 1. The Morgan fingerprint density at radius 1 is 1.17 bits per heavy atom. The molecule has 24 heavy (non-hydrogen) atoms. The average molecular weight is 351 g/mol. The van der Waals surface area contributed by atoms with Crippen molar-refractivity contribution >= 4 is 18.3 Å². The summed E-state index contributed by atoms with van der Waals surface area (Å²) in [7, 11) is 0. The molecule has 0 aromatic heterocycles. The van der Waals surface area contributed by atoms with Gasteiger partial charge in [0.25, 0.3) is 0 Å². The van der Waals surface area contributed by atoms with Crippen molar-refractivity contribution in [3.05, 3.63) is 35.4 Å². The van der Waals surface area contributed by atoms with Crippen LogP contribution in [0.1, 0.15) is 51.2 Å². The molecule has 0 aliphatic carbocycles. The molecule has 2 saturated heterocycles. The van der Waals surface area contributed by atoms with E-state index in [1.807, 2.05) is 0 Å². The average Bonchev–Trinajstić information content (AvgIpc) is 3.03. The number of benzene rings is 1. The van der Waals surface area contributed by atoms with Gasteiger partial charge in [0, 0.05) is 19.6 Å². The molecule has 4 heteroatoms. The standard InChI is InChI=1S/C20H30N2O.ClH/c1-4-16-5-7-17(8-6-16)19(2,3)18(23)22-13-10-20(11-14-22)9-12-21-15-20;/h5-8,21H,4,9-15H2,1-3H3;1H. The highest BCUT2D eigenvalue weighted by atomic mass is 35.5. The van der Waals surface area contributed by atoms with Crippen molar-refractivity contribution in [2.45, 2.75) is 51.9 Å². The van der Waals surface area contributed by atoms with Gasteiger partial charge in [-0.1, -0.05) is 31.2 Å². The van der Waals surface area contributed by atoms with E-state index in [4.69, 9.17) is 0 Å². The van der Waals surface area contributed by atoms with E-state index in [9.17, 15) is 4.79 Å². The van der Waals surface area contributed by atoms with Crippen LogP contribution in [0.4, 0.5) is 0 Å². The Kier molecular flexibility index (Phi) is 5.98. The van der Waals surface area contributed by atoms with Crippen LogP contribution < -0.4 is 5.32 Å². The zero-order valence-electron chi connectivity index (χ0n) is 15.2. The number of carbonyl (C=O) groups is 1. The van der Waals surface area contributed by atoms with E-state index in [0.717, 1.165) is 51.0 Å². The fourth-order valence-electron chi connectivity index (χ4n) is 4.08. The number of amides is 1. The highest BCUT2D eigenvalue weighted by Crippen LogP contribution is 2.38. The lowest BCUT2D eigenvalue weighted by atomic mass is 9.76. The molecule has 3 rings (SSSR count). The van der Waals surface area contributed by atoms with Crippen molar-refractivity contribution in [1.82, 2.24) is 10.2 Å². The maximum absolute atomic E-state index is 13.1. The first-order valence-corrected chi connectivity index (χ1v) is 9.06. The van der Waals surface area contributed by atoms with Crippen LogP contribution >= 0.6 is 12.4 Å². The molecule has 3 nitrogen and oxygen atoms in total. The van der Waals surface area contributed by atoms with Crippen molar-refractivity contribution in [2.75, 3.05) is 26.2 Å². The molecule has 2 heterocycles. The smallest absolute Gasteiger partial charge is 0.232 e. The first-order valence-electron chi connectivity index (χ1n) is 9.06. The molecule has 1 spiro atoms. The summed E-state index contributed by atoms with van der Waals surface area (Å²) in [6, 6.07) is 8.56. The van der Waals surface area contributed by atoms with Crippen LogP contribution in [0.3, 0.4) is 0 Å². The number of rotatable bonds is 3. The Labute approximate surface area is 152 Å². The SMILES string of the molecule is CCc1ccc(C(C)(C)C(=O)N2CCC3(CCNC3)CC2)cc1.Cl. The van der Waals surface area contributed by atoms with Crippen molar-refractivity contribution in [1.29, 1.82) is 0 Å². The van der Waals surface area contributed by atoms with Crippen LogP contribution in [-0.4, -0.2) is 37.0 Å². The van der Waals surface area contributed by atoms with Crippen molar-refractivity contribution in [3.8, 4) is 0 Å². The summed E-state index contributed by atoms with van der Waals surface area (Å²) in [5.74, 6) is 0.280. The first kappa shape index (κ1) is 19.3. The molecule has 2 fully saturated rings. The van der Waals surface area contributed by atoms with E-state index in [0.29, 0.717) is 5.41 Å². The number of carbonyl (C=O) groups excluding carboxylic acids is 1. The number of likely N-dealkylation sites (tertiary alicyclic amines) is 1. The highest BCUT2D eigenvalue weighted by molar-refractivity contribution is 5.87. The maximum Gasteiger partial charge on any atom is 0.232 e. The molecule has 0 radical (unpaired) electrons. The van der Waals surface area contributed by atoms with Crippen molar-refractivity contribution in [3.63, 3.8) is 0 Å². The zero-order chi connectivity index (χ0) is 16.5.